The Bertz CT molecular complexity index is 1470. The number of nitrogens with zero attached hydrogens (tertiary/aromatic N) is 4. The molecular weight excluding hydrogens is 596 g/mol. The molecule has 1 aromatic carbocycles. The van der Waals surface area contributed by atoms with E-state index < -0.39 is 56.3 Å². The van der Waals surface area contributed by atoms with Crippen LogP contribution in [0.25, 0.3) is 11.2 Å². The van der Waals surface area contributed by atoms with Crippen LogP contribution in [-0.4, -0.2) is 79.6 Å². The van der Waals surface area contributed by atoms with Crippen LogP contribution >= 0.6 is 19.3 Å². The first kappa shape index (κ1) is 30.4. The van der Waals surface area contributed by atoms with Gasteiger partial charge in [-0.3, -0.25) is 13.9 Å². The molecule has 2 aliphatic rings. The molecule has 2 fully saturated rings. The summed E-state index contributed by atoms with van der Waals surface area (Å²) in [6.07, 6.45) is -0.940. The molecular formula is C25H32ClFN7O7P. The first-order valence-corrected chi connectivity index (χ1v) is 15.3. The molecule has 14 nitrogen and oxygen atoms in total. The number of ether oxygens (including phenoxy) is 2. The summed E-state index contributed by atoms with van der Waals surface area (Å²) in [4.78, 5) is 23.1. The molecule has 0 bridgehead atoms. The normalized spacial score (nSPS) is 26.1. The molecule has 0 amide bonds. The fourth-order valence-corrected chi connectivity index (χ4v) is 6.25. The summed E-state index contributed by atoms with van der Waals surface area (Å²) in [5, 5.41) is 16.9. The van der Waals surface area contributed by atoms with Gasteiger partial charge in [0.1, 0.15) is 35.5 Å². The van der Waals surface area contributed by atoms with E-state index in [2.05, 4.69) is 25.4 Å². The van der Waals surface area contributed by atoms with Crippen molar-refractivity contribution in [2.45, 2.75) is 62.1 Å². The highest BCUT2D eigenvalue weighted by Gasteiger charge is 2.57. The van der Waals surface area contributed by atoms with Crippen molar-refractivity contribution in [1.29, 1.82) is 0 Å². The monoisotopic (exact) mass is 627 g/mol. The minimum absolute atomic E-state index is 0.0490. The van der Waals surface area contributed by atoms with E-state index in [1.54, 1.807) is 37.3 Å². The number of aliphatic hydroxyl groups is 1. The number of para-hydroxylation sites is 1. The third-order valence-corrected chi connectivity index (χ3v) is 8.90. The number of halogens is 2. The number of imidazole rings is 1. The van der Waals surface area contributed by atoms with Crippen LogP contribution in [-0.2, 0) is 23.4 Å². The molecule has 42 heavy (non-hydrogen) atoms. The van der Waals surface area contributed by atoms with Crippen LogP contribution in [0.2, 0.25) is 0 Å². The smallest absolute Gasteiger partial charge is 0.459 e. The zero-order valence-corrected chi connectivity index (χ0v) is 24.5. The van der Waals surface area contributed by atoms with Gasteiger partial charge in [-0.2, -0.15) is 15.1 Å². The summed E-state index contributed by atoms with van der Waals surface area (Å²) >= 11 is 6.65. The maximum absolute atomic E-state index is 14.5. The van der Waals surface area contributed by atoms with Crippen LogP contribution in [0.1, 0.15) is 32.9 Å². The number of nitrogens with two attached hydrogens (primary N) is 1. The summed E-state index contributed by atoms with van der Waals surface area (Å²) in [7, 11) is -4.29. The number of hydrogen-bond acceptors (Lipinski definition) is 12. The van der Waals surface area contributed by atoms with Gasteiger partial charge in [-0.05, 0) is 38.8 Å². The molecule has 0 radical (unpaired) electrons. The van der Waals surface area contributed by atoms with E-state index in [9.17, 15) is 18.9 Å². The quantitative estimate of drug-likeness (QED) is 0.123. The van der Waals surface area contributed by atoms with Crippen molar-refractivity contribution in [3.63, 3.8) is 0 Å². The number of aliphatic hydroxyl groups excluding tert-OH is 1. The Hall–Kier alpha value is -3.07. The van der Waals surface area contributed by atoms with Crippen molar-refractivity contribution in [2.75, 3.05) is 30.9 Å². The standard InChI is InChI=1S/C25H32ClFN7O7P/c1-3-38-22(36)14(2)33-42(37,41-16-7-5-4-6-8-16)39-11-17-19(35)25(26,12-27)23(40-17)34-13-29-18-20(30-15-9-10-15)31-24(28)32-21(18)34/h4-8,13-15,17,19,23,35H,3,9-12H2,1-2H3,(H,33,37)(H3,28,30,31,32)/t14-,17+,19+,23+,25+,42-/m0/s1. The number of aromatic nitrogens is 4. The molecule has 5 N–H and O–H groups in total. The number of esters is 1. The first-order valence-electron chi connectivity index (χ1n) is 13.4. The maximum atomic E-state index is 14.5. The molecule has 1 aliphatic carbocycles. The van der Waals surface area contributed by atoms with Crippen molar-refractivity contribution in [1.82, 2.24) is 24.6 Å². The number of alkyl halides is 2. The van der Waals surface area contributed by atoms with Gasteiger partial charge in [0.15, 0.2) is 23.2 Å². The number of hydrogen-bond donors (Lipinski definition) is 4. The Labute approximate surface area is 245 Å². The van der Waals surface area contributed by atoms with E-state index in [1.165, 1.54) is 17.8 Å². The molecule has 3 heterocycles. The topological polar surface area (TPSA) is 185 Å². The Kier molecular flexibility index (Phi) is 8.88. The van der Waals surface area contributed by atoms with Gasteiger partial charge in [0.25, 0.3) is 0 Å². The minimum atomic E-state index is -4.29. The Morgan fingerprint density at radius 3 is 2.76 bits per heavy atom. The molecule has 0 spiro atoms. The SMILES string of the molecule is CCOC(=O)[C@H](C)N[P@](=O)(OC[C@H]1O[C@@H](n2cnc3c(NC4CC4)nc(N)nc32)[C@@](Cl)(CF)[C@@H]1O)Oc1ccccc1. The van der Waals surface area contributed by atoms with Crippen molar-refractivity contribution < 1.29 is 37.4 Å². The molecule has 5 rings (SSSR count). The third-order valence-electron chi connectivity index (χ3n) is 6.74. The van der Waals surface area contributed by atoms with Crippen LogP contribution in [0, 0.1) is 0 Å². The molecule has 1 aliphatic heterocycles. The van der Waals surface area contributed by atoms with Crippen LogP contribution in [0.4, 0.5) is 16.2 Å². The van der Waals surface area contributed by atoms with E-state index in [0.29, 0.717) is 11.3 Å². The number of nitrogen functional groups attached to an aromatic ring is 1. The van der Waals surface area contributed by atoms with Crippen molar-refractivity contribution in [3.05, 3.63) is 36.7 Å². The molecule has 6 atom stereocenters. The van der Waals surface area contributed by atoms with Crippen molar-refractivity contribution in [3.8, 4) is 5.75 Å². The summed E-state index contributed by atoms with van der Waals surface area (Å²) in [5.74, 6) is -0.134. The Balaban J connectivity index is 1.39. The average Bonchev–Trinajstić information content (AvgIpc) is 3.62. The molecule has 228 valence electrons. The summed E-state index contributed by atoms with van der Waals surface area (Å²) < 4.78 is 51.9. The van der Waals surface area contributed by atoms with Gasteiger partial charge in [-0.15, -0.1) is 11.6 Å². The number of carbonyl (C=O) groups excluding carboxylic acids is 1. The van der Waals surface area contributed by atoms with E-state index in [0.717, 1.165) is 12.8 Å². The second kappa shape index (κ2) is 12.3. The lowest BCUT2D eigenvalue weighted by atomic mass is 10.0. The Morgan fingerprint density at radius 2 is 2.10 bits per heavy atom. The molecule has 1 saturated carbocycles. The Morgan fingerprint density at radius 1 is 1.36 bits per heavy atom. The van der Waals surface area contributed by atoms with Gasteiger partial charge in [0, 0.05) is 6.04 Å². The van der Waals surface area contributed by atoms with Crippen LogP contribution in [0.15, 0.2) is 36.7 Å². The second-order valence-electron chi connectivity index (χ2n) is 10.0. The molecule has 3 aromatic rings. The summed E-state index contributed by atoms with van der Waals surface area (Å²) in [6, 6.07) is 7.29. The average molecular weight is 628 g/mol. The highest BCUT2D eigenvalue weighted by atomic mass is 35.5. The predicted molar refractivity (Wildman–Crippen MR) is 151 cm³/mol. The number of rotatable bonds is 13. The van der Waals surface area contributed by atoms with Gasteiger partial charge in [0.2, 0.25) is 5.95 Å². The van der Waals surface area contributed by atoms with Crippen LogP contribution in [0.5, 0.6) is 5.75 Å². The molecule has 2 aromatic heterocycles. The van der Waals surface area contributed by atoms with Gasteiger partial charge in [0.05, 0.1) is 19.5 Å². The lowest BCUT2D eigenvalue weighted by molar-refractivity contribution is -0.144. The van der Waals surface area contributed by atoms with E-state index in [1.807, 2.05) is 0 Å². The zero-order valence-electron chi connectivity index (χ0n) is 22.9. The second-order valence-corrected chi connectivity index (χ2v) is 12.4. The predicted octanol–water partition coefficient (Wildman–Crippen LogP) is 2.93. The van der Waals surface area contributed by atoms with Gasteiger partial charge < -0.3 is 30.2 Å². The molecule has 0 unspecified atom stereocenters. The van der Waals surface area contributed by atoms with Crippen LogP contribution < -0.4 is 20.7 Å². The lowest BCUT2D eigenvalue weighted by Gasteiger charge is -2.27. The molecule has 17 heteroatoms. The van der Waals surface area contributed by atoms with E-state index in [-0.39, 0.29) is 30.0 Å². The first-order chi connectivity index (χ1) is 20.1. The minimum Gasteiger partial charge on any atom is -0.465 e. The fourth-order valence-electron chi connectivity index (χ4n) is 4.45. The van der Waals surface area contributed by atoms with E-state index >= 15 is 0 Å². The van der Waals surface area contributed by atoms with Gasteiger partial charge >= 0.3 is 13.7 Å². The lowest BCUT2D eigenvalue weighted by Crippen LogP contribution is -2.44. The zero-order chi connectivity index (χ0) is 30.1. The number of nitrogens with one attached hydrogen (secondary N) is 2. The molecule has 1 saturated heterocycles. The number of benzene rings is 1. The number of fused-ring (bicyclic) bond motifs is 1. The summed E-state index contributed by atoms with van der Waals surface area (Å²) in [5.41, 5.74) is 6.51. The van der Waals surface area contributed by atoms with E-state index in [4.69, 9.17) is 35.9 Å². The highest BCUT2D eigenvalue weighted by molar-refractivity contribution is 7.52. The third kappa shape index (κ3) is 6.31. The van der Waals surface area contributed by atoms with Crippen molar-refractivity contribution in [2.24, 2.45) is 0 Å². The largest absolute Gasteiger partial charge is 0.465 e. The number of anilines is 2. The summed E-state index contributed by atoms with van der Waals surface area (Å²) in [6.45, 7) is 1.40. The maximum Gasteiger partial charge on any atom is 0.459 e. The highest BCUT2D eigenvalue weighted by Crippen LogP contribution is 2.49. The number of carbonyl (C=O) groups is 1. The van der Waals surface area contributed by atoms with Crippen LogP contribution in [0.3, 0.4) is 0 Å². The van der Waals surface area contributed by atoms with Gasteiger partial charge in [-0.25, -0.2) is 13.9 Å². The fraction of sp³-hybridized carbons (Fsp3) is 0.520. The van der Waals surface area contributed by atoms with Gasteiger partial charge in [-0.1, -0.05) is 18.2 Å². The van der Waals surface area contributed by atoms with Crippen molar-refractivity contribution >= 4 is 48.2 Å².